The number of aromatic nitrogens is 2. The van der Waals surface area contributed by atoms with E-state index < -0.39 is 0 Å². The van der Waals surface area contributed by atoms with Crippen molar-refractivity contribution in [3.63, 3.8) is 0 Å². The third kappa shape index (κ3) is 3.29. The second kappa shape index (κ2) is 5.79. The van der Waals surface area contributed by atoms with Crippen LogP contribution in [0.4, 0.5) is 4.39 Å². The van der Waals surface area contributed by atoms with Crippen molar-refractivity contribution in [3.8, 4) is 5.75 Å². The lowest BCUT2D eigenvalue weighted by Crippen LogP contribution is -2.19. The van der Waals surface area contributed by atoms with Gasteiger partial charge in [0.05, 0.1) is 13.7 Å². The topological polar surface area (TPSA) is 60.2 Å². The zero-order valence-corrected chi connectivity index (χ0v) is 11.1. The summed E-state index contributed by atoms with van der Waals surface area (Å²) in [5, 5.41) is 6.82. The molecule has 0 spiro atoms. The van der Waals surface area contributed by atoms with Crippen LogP contribution < -0.4 is 10.1 Å². The van der Waals surface area contributed by atoms with Gasteiger partial charge in [-0.25, -0.2) is 4.39 Å². The van der Waals surface area contributed by atoms with Crippen molar-refractivity contribution < 1.29 is 13.7 Å². The zero-order valence-electron chi connectivity index (χ0n) is 11.1. The molecule has 1 N–H and O–H groups in total. The van der Waals surface area contributed by atoms with Gasteiger partial charge in [0.2, 0.25) is 5.89 Å². The Morgan fingerprint density at radius 2 is 2.26 bits per heavy atom. The molecule has 6 heteroatoms. The summed E-state index contributed by atoms with van der Waals surface area (Å²) in [6.45, 7) is 4.02. The smallest absolute Gasteiger partial charge is 0.240 e. The maximum atomic E-state index is 13.8. The molecule has 0 saturated heterocycles. The number of aryl methyl sites for hydroxylation is 1. The molecule has 0 bridgehead atoms. The van der Waals surface area contributed by atoms with Crippen molar-refractivity contribution >= 4 is 0 Å². The molecule has 0 saturated carbocycles. The van der Waals surface area contributed by atoms with E-state index in [0.717, 1.165) is 0 Å². The number of halogens is 1. The highest BCUT2D eigenvalue weighted by atomic mass is 19.1. The largest absolute Gasteiger partial charge is 0.497 e. The van der Waals surface area contributed by atoms with E-state index in [1.165, 1.54) is 13.2 Å². The highest BCUT2D eigenvalue weighted by Gasteiger charge is 2.12. The average molecular weight is 265 g/mol. The summed E-state index contributed by atoms with van der Waals surface area (Å²) >= 11 is 0. The van der Waals surface area contributed by atoms with Crippen LogP contribution in [0, 0.1) is 12.7 Å². The molecule has 1 aromatic heterocycles. The summed E-state index contributed by atoms with van der Waals surface area (Å²) in [6.07, 6.45) is 0. The fourth-order valence-corrected chi connectivity index (χ4v) is 1.75. The predicted octanol–water partition coefficient (Wildman–Crippen LogP) is 2.38. The third-order valence-electron chi connectivity index (χ3n) is 2.80. The minimum Gasteiger partial charge on any atom is -0.497 e. The maximum absolute atomic E-state index is 13.8. The number of rotatable bonds is 5. The molecule has 0 amide bonds. The van der Waals surface area contributed by atoms with E-state index in [1.54, 1.807) is 19.1 Å². The first-order valence-electron chi connectivity index (χ1n) is 5.96. The molecule has 102 valence electrons. The molecule has 0 fully saturated rings. The van der Waals surface area contributed by atoms with Gasteiger partial charge in [-0.2, -0.15) is 4.98 Å². The summed E-state index contributed by atoms with van der Waals surface area (Å²) in [5.74, 6) is 1.26. The third-order valence-corrected chi connectivity index (χ3v) is 2.80. The molecule has 0 aliphatic rings. The lowest BCUT2D eigenvalue weighted by molar-refractivity contribution is 0.356. The van der Waals surface area contributed by atoms with Crippen molar-refractivity contribution in [2.75, 3.05) is 7.11 Å². The monoisotopic (exact) mass is 265 g/mol. The summed E-state index contributed by atoms with van der Waals surface area (Å²) in [4.78, 5) is 4.07. The van der Waals surface area contributed by atoms with Crippen LogP contribution in [0.25, 0.3) is 0 Å². The van der Waals surface area contributed by atoms with Crippen molar-refractivity contribution in [1.29, 1.82) is 0 Å². The summed E-state index contributed by atoms with van der Waals surface area (Å²) in [7, 11) is 1.51. The van der Waals surface area contributed by atoms with E-state index in [2.05, 4.69) is 15.5 Å². The van der Waals surface area contributed by atoms with Gasteiger partial charge in [0.1, 0.15) is 11.6 Å². The first-order chi connectivity index (χ1) is 9.10. The lowest BCUT2D eigenvalue weighted by atomic mass is 10.1. The number of benzene rings is 1. The second-order valence-electron chi connectivity index (χ2n) is 4.23. The minimum atomic E-state index is -0.305. The van der Waals surface area contributed by atoms with Gasteiger partial charge >= 0.3 is 0 Å². The Morgan fingerprint density at radius 3 is 2.84 bits per heavy atom. The fraction of sp³-hybridized carbons (Fsp3) is 0.385. The number of ether oxygens (including phenoxy) is 1. The highest BCUT2D eigenvalue weighted by molar-refractivity contribution is 5.30. The van der Waals surface area contributed by atoms with Gasteiger partial charge in [-0.3, -0.25) is 0 Å². The number of hydrogen-bond acceptors (Lipinski definition) is 5. The molecule has 0 radical (unpaired) electrons. The van der Waals surface area contributed by atoms with Crippen LogP contribution in [0.2, 0.25) is 0 Å². The van der Waals surface area contributed by atoms with Crippen molar-refractivity contribution in [3.05, 3.63) is 41.3 Å². The van der Waals surface area contributed by atoms with Gasteiger partial charge in [-0.15, -0.1) is 0 Å². The molecular weight excluding hydrogens is 249 g/mol. The van der Waals surface area contributed by atoms with Crippen LogP contribution in [0.15, 0.2) is 22.7 Å². The fourth-order valence-electron chi connectivity index (χ4n) is 1.75. The first-order valence-corrected chi connectivity index (χ1v) is 5.96. The van der Waals surface area contributed by atoms with E-state index in [9.17, 15) is 4.39 Å². The van der Waals surface area contributed by atoms with Crippen LogP contribution >= 0.6 is 0 Å². The van der Waals surface area contributed by atoms with Gasteiger partial charge in [-0.1, -0.05) is 11.2 Å². The number of hydrogen-bond donors (Lipinski definition) is 1. The Bertz CT molecular complexity index is 557. The Morgan fingerprint density at radius 1 is 1.47 bits per heavy atom. The van der Waals surface area contributed by atoms with Gasteiger partial charge in [0, 0.05) is 17.7 Å². The van der Waals surface area contributed by atoms with Crippen LogP contribution in [-0.2, 0) is 6.54 Å². The van der Waals surface area contributed by atoms with E-state index in [1.807, 2.05) is 6.92 Å². The summed E-state index contributed by atoms with van der Waals surface area (Å²) < 4.78 is 23.8. The lowest BCUT2D eigenvalue weighted by Gasteiger charge is -2.14. The summed E-state index contributed by atoms with van der Waals surface area (Å²) in [5.41, 5.74) is 0.567. The second-order valence-corrected chi connectivity index (χ2v) is 4.23. The van der Waals surface area contributed by atoms with Crippen molar-refractivity contribution in [1.82, 2.24) is 15.5 Å². The molecule has 0 aliphatic carbocycles. The Balaban J connectivity index is 2.01. The molecule has 1 atom stereocenters. The molecule has 1 heterocycles. The SMILES string of the molecule is COc1ccc(C(C)NCc2nc(C)no2)c(F)c1. The van der Waals surface area contributed by atoms with Gasteiger partial charge < -0.3 is 14.6 Å². The number of nitrogens with one attached hydrogen (secondary N) is 1. The van der Waals surface area contributed by atoms with Crippen LogP contribution in [0.1, 0.15) is 30.2 Å². The Labute approximate surface area is 110 Å². The first kappa shape index (κ1) is 13.5. The van der Waals surface area contributed by atoms with E-state index in [-0.39, 0.29) is 11.9 Å². The highest BCUT2D eigenvalue weighted by Crippen LogP contribution is 2.21. The van der Waals surface area contributed by atoms with Gasteiger partial charge in [-0.05, 0) is 19.9 Å². The normalized spacial score (nSPS) is 12.4. The van der Waals surface area contributed by atoms with E-state index in [4.69, 9.17) is 9.26 Å². The van der Waals surface area contributed by atoms with E-state index >= 15 is 0 Å². The number of methoxy groups -OCH3 is 1. The molecule has 5 nitrogen and oxygen atoms in total. The molecular formula is C13H16FN3O2. The van der Waals surface area contributed by atoms with Crippen molar-refractivity contribution in [2.24, 2.45) is 0 Å². The van der Waals surface area contributed by atoms with Gasteiger partial charge in [0.15, 0.2) is 5.82 Å². The quantitative estimate of drug-likeness (QED) is 0.899. The minimum absolute atomic E-state index is 0.168. The molecule has 1 aromatic carbocycles. The zero-order chi connectivity index (χ0) is 13.8. The molecule has 1 unspecified atom stereocenters. The average Bonchev–Trinajstić information content (AvgIpc) is 2.81. The summed E-state index contributed by atoms with van der Waals surface area (Å²) in [6, 6.07) is 4.63. The van der Waals surface area contributed by atoms with Crippen molar-refractivity contribution in [2.45, 2.75) is 26.4 Å². The van der Waals surface area contributed by atoms with Crippen LogP contribution in [0.5, 0.6) is 5.75 Å². The molecule has 2 rings (SSSR count). The number of nitrogens with zero attached hydrogens (tertiary/aromatic N) is 2. The predicted molar refractivity (Wildman–Crippen MR) is 67.2 cm³/mol. The standard InChI is InChI=1S/C13H16FN3O2/c1-8(15-7-13-16-9(2)17-19-13)11-5-4-10(18-3)6-12(11)14/h4-6,8,15H,7H2,1-3H3. The van der Waals surface area contributed by atoms with E-state index in [0.29, 0.717) is 29.6 Å². The molecule has 0 aliphatic heterocycles. The van der Waals surface area contributed by atoms with Crippen LogP contribution in [0.3, 0.4) is 0 Å². The maximum Gasteiger partial charge on any atom is 0.240 e. The van der Waals surface area contributed by atoms with Crippen LogP contribution in [-0.4, -0.2) is 17.3 Å². The molecule has 2 aromatic rings. The van der Waals surface area contributed by atoms with Gasteiger partial charge in [0.25, 0.3) is 0 Å². The molecule has 19 heavy (non-hydrogen) atoms. The Hall–Kier alpha value is -1.95. The Kier molecular flexibility index (Phi) is 4.11.